The van der Waals surface area contributed by atoms with Crippen LogP contribution in [-0.4, -0.2) is 75.3 Å². The van der Waals surface area contributed by atoms with Crippen molar-refractivity contribution in [2.45, 2.75) is 13.3 Å². The minimum absolute atomic E-state index is 0.0685. The number of piperazine rings is 1. The number of ether oxygens (including phenoxy) is 1. The Bertz CT molecular complexity index is 700. The lowest BCUT2D eigenvalue weighted by Crippen LogP contribution is -2.52. The molecule has 0 atom stereocenters. The molecule has 0 unspecified atom stereocenters. The van der Waals surface area contributed by atoms with Crippen molar-refractivity contribution >= 4 is 22.0 Å². The van der Waals surface area contributed by atoms with Gasteiger partial charge in [0.2, 0.25) is 15.9 Å². The van der Waals surface area contributed by atoms with Crippen LogP contribution in [0.3, 0.4) is 0 Å². The molecule has 2 rings (SSSR count). The Hall–Kier alpha value is -2.13. The van der Waals surface area contributed by atoms with Crippen molar-refractivity contribution in [3.63, 3.8) is 0 Å². The number of aryl methyl sites for hydroxylation is 1. The summed E-state index contributed by atoms with van der Waals surface area (Å²) in [6.07, 6.45) is 0.00368. The van der Waals surface area contributed by atoms with E-state index >= 15 is 0 Å². The molecule has 8 nitrogen and oxygen atoms in total. The molecule has 1 saturated heterocycles. The molecule has 0 aromatic heterocycles. The predicted molar refractivity (Wildman–Crippen MR) is 97.1 cm³/mol. The Kier molecular flexibility index (Phi) is 7.40. The molecule has 144 valence electrons. The molecule has 1 fully saturated rings. The van der Waals surface area contributed by atoms with E-state index in [0.29, 0.717) is 39.2 Å². The molecule has 9 heteroatoms. The number of carbonyl (C=O) groups excluding carboxylic acids is 2. The molecule has 1 aliphatic rings. The van der Waals surface area contributed by atoms with E-state index in [1.54, 1.807) is 11.8 Å². The van der Waals surface area contributed by atoms with Crippen molar-refractivity contribution in [1.29, 1.82) is 0 Å². The molecule has 0 saturated carbocycles. The van der Waals surface area contributed by atoms with Gasteiger partial charge in [0.15, 0.2) is 0 Å². The van der Waals surface area contributed by atoms with E-state index in [1.807, 2.05) is 30.3 Å². The van der Waals surface area contributed by atoms with Crippen molar-refractivity contribution in [2.75, 3.05) is 45.1 Å². The predicted octanol–water partition coefficient (Wildman–Crippen LogP) is 0.449. The average molecular weight is 383 g/mol. The number of benzene rings is 1. The Morgan fingerprint density at radius 1 is 1.08 bits per heavy atom. The number of nitrogens with one attached hydrogen (secondary N) is 1. The summed E-state index contributed by atoms with van der Waals surface area (Å²) in [6.45, 7) is 3.27. The first-order chi connectivity index (χ1) is 12.4. The maximum absolute atomic E-state index is 12.2. The zero-order valence-corrected chi connectivity index (χ0v) is 15.7. The van der Waals surface area contributed by atoms with Crippen LogP contribution in [-0.2, 0) is 26.0 Å². The lowest BCUT2D eigenvalue weighted by molar-refractivity contribution is -0.131. The van der Waals surface area contributed by atoms with Gasteiger partial charge in [-0.05, 0) is 18.9 Å². The summed E-state index contributed by atoms with van der Waals surface area (Å²) in [6, 6.07) is 9.31. The van der Waals surface area contributed by atoms with Crippen molar-refractivity contribution in [3.8, 4) is 0 Å². The molecular weight excluding hydrogens is 358 g/mol. The normalized spacial score (nSPS) is 15.0. The molecular formula is C17H25N3O5S. The van der Waals surface area contributed by atoms with Crippen LogP contribution in [0.5, 0.6) is 0 Å². The number of sulfonamides is 1. The molecule has 26 heavy (non-hydrogen) atoms. The summed E-state index contributed by atoms with van der Waals surface area (Å²) < 4.78 is 31.4. The first-order valence-electron chi connectivity index (χ1n) is 8.62. The minimum Gasteiger partial charge on any atom is -0.450 e. The van der Waals surface area contributed by atoms with Crippen LogP contribution in [0.15, 0.2) is 30.3 Å². The molecule has 0 radical (unpaired) electrons. The third-order valence-corrected chi connectivity index (χ3v) is 5.43. The third-order valence-electron chi connectivity index (χ3n) is 4.10. The molecule has 2 amide bonds. The van der Waals surface area contributed by atoms with Crippen molar-refractivity contribution < 1.29 is 22.7 Å². The van der Waals surface area contributed by atoms with Crippen molar-refractivity contribution in [1.82, 2.24) is 14.5 Å². The van der Waals surface area contributed by atoms with Gasteiger partial charge in [-0.3, -0.25) is 4.79 Å². The number of hydrogen-bond donors (Lipinski definition) is 1. The highest BCUT2D eigenvalue weighted by atomic mass is 32.2. The van der Waals surface area contributed by atoms with E-state index in [-0.39, 0.29) is 24.3 Å². The van der Waals surface area contributed by atoms with E-state index in [9.17, 15) is 18.0 Å². The first-order valence-corrected chi connectivity index (χ1v) is 10.3. The second-order valence-corrected chi connectivity index (χ2v) is 7.87. The first kappa shape index (κ1) is 20.2. The topological polar surface area (TPSA) is 96.0 Å². The van der Waals surface area contributed by atoms with Crippen LogP contribution in [0.2, 0.25) is 0 Å². The van der Waals surface area contributed by atoms with Crippen LogP contribution in [0.25, 0.3) is 0 Å². The van der Waals surface area contributed by atoms with Gasteiger partial charge in [0.1, 0.15) is 0 Å². The van der Waals surface area contributed by atoms with Crippen LogP contribution in [0.4, 0.5) is 4.79 Å². The number of amides is 2. The highest BCUT2D eigenvalue weighted by Crippen LogP contribution is 2.05. The summed E-state index contributed by atoms with van der Waals surface area (Å²) in [5.41, 5.74) is 0.930. The number of nitrogens with zero attached hydrogens (tertiary/aromatic N) is 2. The van der Waals surface area contributed by atoms with Crippen LogP contribution >= 0.6 is 0 Å². The molecule has 1 heterocycles. The van der Waals surface area contributed by atoms with Gasteiger partial charge >= 0.3 is 6.09 Å². The monoisotopic (exact) mass is 383 g/mol. The summed E-state index contributed by atoms with van der Waals surface area (Å²) in [5, 5.41) is 0. The van der Waals surface area contributed by atoms with Gasteiger partial charge in [-0.1, -0.05) is 30.3 Å². The standard InChI is InChI=1S/C17H25N3O5S/c1-2-25-17(22)20-11-9-19(10-12-20)16(21)14-18-26(23,24)13-8-15-6-4-3-5-7-15/h3-7,18H,2,8-14H2,1H3. The van der Waals surface area contributed by atoms with E-state index in [4.69, 9.17) is 4.74 Å². The fourth-order valence-corrected chi connectivity index (χ4v) is 3.60. The summed E-state index contributed by atoms with van der Waals surface area (Å²) in [5.74, 6) is -0.363. The van der Waals surface area contributed by atoms with E-state index in [1.165, 1.54) is 4.90 Å². The molecule has 0 bridgehead atoms. The lowest BCUT2D eigenvalue weighted by Gasteiger charge is -2.34. The van der Waals surface area contributed by atoms with Crippen LogP contribution < -0.4 is 4.72 Å². The summed E-state index contributed by atoms with van der Waals surface area (Å²) in [7, 11) is -3.53. The van der Waals surface area contributed by atoms with E-state index < -0.39 is 10.0 Å². The summed E-state index contributed by atoms with van der Waals surface area (Å²) >= 11 is 0. The molecule has 1 aliphatic heterocycles. The lowest BCUT2D eigenvalue weighted by atomic mass is 10.2. The van der Waals surface area contributed by atoms with Gasteiger partial charge in [-0.15, -0.1) is 0 Å². The smallest absolute Gasteiger partial charge is 0.409 e. The summed E-state index contributed by atoms with van der Waals surface area (Å²) in [4.78, 5) is 26.9. The largest absolute Gasteiger partial charge is 0.450 e. The molecule has 1 aromatic carbocycles. The Labute approximate surface area is 154 Å². The highest BCUT2D eigenvalue weighted by Gasteiger charge is 2.25. The number of rotatable bonds is 7. The van der Waals surface area contributed by atoms with E-state index in [0.717, 1.165) is 5.56 Å². The van der Waals surface area contributed by atoms with Gasteiger partial charge < -0.3 is 14.5 Å². The fraction of sp³-hybridized carbons (Fsp3) is 0.529. The second kappa shape index (κ2) is 9.54. The molecule has 0 spiro atoms. The Morgan fingerprint density at radius 3 is 2.31 bits per heavy atom. The molecule has 1 N–H and O–H groups in total. The van der Waals surface area contributed by atoms with Gasteiger partial charge in [0.25, 0.3) is 0 Å². The maximum atomic E-state index is 12.2. The van der Waals surface area contributed by atoms with Crippen LogP contribution in [0.1, 0.15) is 12.5 Å². The van der Waals surface area contributed by atoms with Gasteiger partial charge in [-0.25, -0.2) is 17.9 Å². The SMILES string of the molecule is CCOC(=O)N1CCN(C(=O)CNS(=O)(=O)CCc2ccccc2)CC1. The van der Waals surface area contributed by atoms with Gasteiger partial charge in [-0.2, -0.15) is 0 Å². The maximum Gasteiger partial charge on any atom is 0.409 e. The third kappa shape index (κ3) is 6.30. The van der Waals surface area contributed by atoms with Crippen molar-refractivity contribution in [2.24, 2.45) is 0 Å². The van der Waals surface area contributed by atoms with Gasteiger partial charge in [0.05, 0.1) is 18.9 Å². The van der Waals surface area contributed by atoms with Gasteiger partial charge in [0, 0.05) is 26.2 Å². The zero-order chi connectivity index (χ0) is 19.0. The number of hydrogen-bond acceptors (Lipinski definition) is 5. The fourth-order valence-electron chi connectivity index (χ4n) is 2.61. The molecule has 1 aromatic rings. The second-order valence-electron chi connectivity index (χ2n) is 5.94. The average Bonchev–Trinajstić information content (AvgIpc) is 2.66. The quantitative estimate of drug-likeness (QED) is 0.737. The van der Waals surface area contributed by atoms with Crippen molar-refractivity contribution in [3.05, 3.63) is 35.9 Å². The number of carbonyl (C=O) groups is 2. The van der Waals surface area contributed by atoms with E-state index in [2.05, 4.69) is 4.72 Å². The molecule has 0 aliphatic carbocycles. The zero-order valence-electron chi connectivity index (χ0n) is 14.9. The minimum atomic E-state index is -3.53. The highest BCUT2D eigenvalue weighted by molar-refractivity contribution is 7.89. The Balaban J connectivity index is 1.73. The van der Waals surface area contributed by atoms with Crippen LogP contribution in [0, 0.1) is 0 Å². The Morgan fingerprint density at radius 2 is 1.69 bits per heavy atom.